The van der Waals surface area contributed by atoms with E-state index in [4.69, 9.17) is 28.8 Å². The quantitative estimate of drug-likeness (QED) is 0.113. The maximum absolute atomic E-state index is 6.17. The zero-order valence-electron chi connectivity index (χ0n) is 26.9. The van der Waals surface area contributed by atoms with Crippen molar-refractivity contribution >= 4 is 27.3 Å². The van der Waals surface area contributed by atoms with Gasteiger partial charge in [-0.3, -0.25) is 0 Å². The third kappa shape index (κ3) is 7.29. The summed E-state index contributed by atoms with van der Waals surface area (Å²) < 4.78 is 24.5. The van der Waals surface area contributed by atoms with Crippen molar-refractivity contribution < 1.29 is 23.8 Å². The van der Waals surface area contributed by atoms with Gasteiger partial charge in [-0.15, -0.1) is 11.3 Å². The number of benzene rings is 4. The number of rotatable bonds is 14. The van der Waals surface area contributed by atoms with Gasteiger partial charge in [0.1, 0.15) is 16.5 Å². The first-order valence-corrected chi connectivity index (χ1v) is 16.6. The van der Waals surface area contributed by atoms with Crippen LogP contribution in [0.1, 0.15) is 60.5 Å². The Hall–Kier alpha value is -4.56. The molecule has 0 saturated heterocycles. The lowest BCUT2D eigenvalue weighted by Crippen LogP contribution is -2.05. The molecule has 0 N–H and O–H groups in total. The van der Waals surface area contributed by atoms with Gasteiger partial charge in [0.2, 0.25) is 0 Å². The number of oxime groups is 1. The molecule has 1 aliphatic rings. The molecule has 0 aliphatic carbocycles. The van der Waals surface area contributed by atoms with Crippen LogP contribution in [0.15, 0.2) is 84.0 Å². The van der Waals surface area contributed by atoms with Crippen molar-refractivity contribution in [3.63, 3.8) is 0 Å². The van der Waals surface area contributed by atoms with Crippen LogP contribution in [-0.2, 0) is 4.84 Å². The third-order valence-electron chi connectivity index (χ3n) is 8.36. The van der Waals surface area contributed by atoms with Crippen LogP contribution in [0.3, 0.4) is 0 Å². The fourth-order valence-electron chi connectivity index (χ4n) is 5.56. The van der Waals surface area contributed by atoms with Crippen LogP contribution in [0.5, 0.6) is 23.0 Å². The monoisotopic (exact) mass is 636 g/mol. The Labute approximate surface area is 274 Å². The lowest BCUT2D eigenvalue weighted by atomic mass is 9.97. The van der Waals surface area contributed by atoms with Crippen LogP contribution in [0, 0.1) is 13.8 Å². The molecule has 1 atom stereocenters. The summed E-state index contributed by atoms with van der Waals surface area (Å²) in [7, 11) is 3.36. The molecule has 6 rings (SSSR count). The lowest BCUT2D eigenvalue weighted by molar-refractivity contribution is 0.0854. The largest absolute Gasteiger partial charge is 0.496 e. The van der Waals surface area contributed by atoms with Gasteiger partial charge in [0.25, 0.3) is 0 Å². The normalized spacial score (nSPS) is 14.2. The summed E-state index contributed by atoms with van der Waals surface area (Å²) >= 11 is 1.71. The Bertz CT molecular complexity index is 1780. The van der Waals surface area contributed by atoms with E-state index in [1.54, 1.807) is 25.6 Å². The summed E-state index contributed by atoms with van der Waals surface area (Å²) in [5, 5.41) is 5.44. The second-order valence-electron chi connectivity index (χ2n) is 11.5. The second kappa shape index (κ2) is 14.7. The third-order valence-corrected chi connectivity index (χ3v) is 9.45. The smallest absolute Gasteiger partial charge is 0.161 e. The van der Waals surface area contributed by atoms with Gasteiger partial charge in [-0.25, -0.2) is 4.98 Å². The van der Waals surface area contributed by atoms with Crippen LogP contribution in [0.4, 0.5) is 0 Å². The first-order chi connectivity index (χ1) is 22.5. The molecule has 7 nitrogen and oxygen atoms in total. The van der Waals surface area contributed by atoms with Crippen LogP contribution in [-0.4, -0.2) is 38.1 Å². The molecular formula is C38H40N2O5S. The van der Waals surface area contributed by atoms with Crippen molar-refractivity contribution in [2.75, 3.05) is 27.4 Å². The zero-order chi connectivity index (χ0) is 31.9. The van der Waals surface area contributed by atoms with Crippen molar-refractivity contribution in [1.82, 2.24) is 4.98 Å². The molecule has 2 heterocycles. The number of unbranched alkanes of at least 4 members (excludes halogenated alkanes) is 3. The zero-order valence-corrected chi connectivity index (χ0v) is 27.7. The van der Waals surface area contributed by atoms with Gasteiger partial charge in [-0.2, -0.15) is 0 Å². The van der Waals surface area contributed by atoms with Crippen molar-refractivity contribution in [2.24, 2.45) is 5.16 Å². The van der Waals surface area contributed by atoms with Crippen molar-refractivity contribution in [1.29, 1.82) is 0 Å². The van der Waals surface area contributed by atoms with Crippen LogP contribution in [0.25, 0.3) is 20.8 Å². The highest BCUT2D eigenvalue weighted by Crippen LogP contribution is 2.37. The van der Waals surface area contributed by atoms with Gasteiger partial charge < -0.3 is 23.8 Å². The number of ether oxygens (including phenoxy) is 4. The van der Waals surface area contributed by atoms with E-state index < -0.39 is 0 Å². The van der Waals surface area contributed by atoms with Gasteiger partial charge in [0.15, 0.2) is 17.6 Å². The summed E-state index contributed by atoms with van der Waals surface area (Å²) in [6.07, 6.45) is 4.57. The number of aryl methyl sites for hydroxylation is 1. The molecule has 0 amide bonds. The van der Waals surface area contributed by atoms with E-state index in [0.717, 1.165) is 81.4 Å². The molecule has 1 unspecified atom stereocenters. The Morgan fingerprint density at radius 3 is 2.28 bits per heavy atom. The van der Waals surface area contributed by atoms with E-state index >= 15 is 0 Å². The van der Waals surface area contributed by atoms with Gasteiger partial charge in [0.05, 0.1) is 43.4 Å². The fourth-order valence-corrected chi connectivity index (χ4v) is 6.53. The Morgan fingerprint density at radius 2 is 1.52 bits per heavy atom. The fraction of sp³-hybridized carbons (Fsp3) is 0.316. The standard InChI is InChI=1S/C38H40N2O5S/c1-25-21-29(23-34(42-4)26(25)2)32-24-35(45-40-32)28-15-18-33(41-3)36(22-28)44-20-10-6-5-9-19-43-30-16-13-27(14-17-30)38-39-31-11-7-8-12-37(31)46-38/h7-8,11-18,21-23,35H,5-6,9-10,19-20,24H2,1-4H3. The second-order valence-corrected chi connectivity index (χ2v) is 12.5. The molecule has 238 valence electrons. The maximum Gasteiger partial charge on any atom is 0.161 e. The van der Waals surface area contributed by atoms with Gasteiger partial charge in [-0.1, -0.05) is 23.4 Å². The number of hydrogen-bond acceptors (Lipinski definition) is 8. The van der Waals surface area contributed by atoms with Gasteiger partial charge in [-0.05, 0) is 117 Å². The number of fused-ring (bicyclic) bond motifs is 1. The van der Waals surface area contributed by atoms with E-state index in [1.165, 1.54) is 10.3 Å². The molecular weight excluding hydrogens is 596 g/mol. The summed E-state index contributed by atoms with van der Waals surface area (Å²) in [6, 6.07) is 26.6. The van der Waals surface area contributed by atoms with E-state index in [0.29, 0.717) is 25.4 Å². The average molecular weight is 637 g/mol. The first-order valence-electron chi connectivity index (χ1n) is 15.8. The summed E-state index contributed by atoms with van der Waals surface area (Å²) in [5.74, 6) is 3.19. The molecule has 0 saturated carbocycles. The lowest BCUT2D eigenvalue weighted by Gasteiger charge is -2.15. The number of methoxy groups -OCH3 is 2. The molecule has 8 heteroatoms. The van der Waals surface area contributed by atoms with E-state index in [2.05, 4.69) is 49.3 Å². The van der Waals surface area contributed by atoms with Crippen molar-refractivity contribution in [3.8, 4) is 33.6 Å². The van der Waals surface area contributed by atoms with Gasteiger partial charge in [0, 0.05) is 17.5 Å². The topological polar surface area (TPSA) is 71.4 Å². The van der Waals surface area contributed by atoms with E-state index in [1.807, 2.05) is 48.5 Å². The highest BCUT2D eigenvalue weighted by atomic mass is 32.1. The molecule has 4 aromatic carbocycles. The molecule has 1 aliphatic heterocycles. The highest BCUT2D eigenvalue weighted by molar-refractivity contribution is 7.21. The van der Waals surface area contributed by atoms with Crippen molar-refractivity contribution in [3.05, 3.63) is 101 Å². The number of thiazole rings is 1. The Balaban J connectivity index is 0.925. The Kier molecular flexibility index (Phi) is 10.0. The van der Waals surface area contributed by atoms with Crippen LogP contribution >= 0.6 is 11.3 Å². The molecule has 46 heavy (non-hydrogen) atoms. The first kappa shape index (κ1) is 31.4. The summed E-state index contributed by atoms with van der Waals surface area (Å²) in [5.41, 5.74) is 7.40. The van der Waals surface area contributed by atoms with Crippen molar-refractivity contribution in [2.45, 2.75) is 52.1 Å². The van der Waals surface area contributed by atoms with Gasteiger partial charge >= 0.3 is 0 Å². The molecule has 0 bridgehead atoms. The predicted octanol–water partition coefficient (Wildman–Crippen LogP) is 9.48. The molecule has 1 aromatic heterocycles. The van der Waals surface area contributed by atoms with E-state index in [9.17, 15) is 0 Å². The number of aromatic nitrogens is 1. The average Bonchev–Trinajstić information content (AvgIpc) is 3.76. The minimum absolute atomic E-state index is 0.181. The SMILES string of the molecule is COc1ccc(C2CC(c3cc(C)c(C)c(OC)c3)=NO2)cc1OCCCCCCOc1ccc(-c2nc3ccccc3s2)cc1. The molecule has 0 fully saturated rings. The van der Waals surface area contributed by atoms with E-state index in [-0.39, 0.29) is 6.10 Å². The minimum atomic E-state index is -0.181. The maximum atomic E-state index is 6.17. The predicted molar refractivity (Wildman–Crippen MR) is 185 cm³/mol. The highest BCUT2D eigenvalue weighted by Gasteiger charge is 2.26. The Morgan fingerprint density at radius 1 is 0.761 bits per heavy atom. The molecule has 0 spiro atoms. The molecule has 5 aromatic rings. The summed E-state index contributed by atoms with van der Waals surface area (Å²) in [6.45, 7) is 5.46. The number of hydrogen-bond donors (Lipinski definition) is 0. The summed E-state index contributed by atoms with van der Waals surface area (Å²) in [4.78, 5) is 10.6. The molecule has 0 radical (unpaired) electrons. The number of nitrogens with zero attached hydrogens (tertiary/aromatic N) is 2. The van der Waals surface area contributed by atoms with Crippen LogP contribution in [0.2, 0.25) is 0 Å². The minimum Gasteiger partial charge on any atom is -0.496 e. The van der Waals surface area contributed by atoms with Crippen LogP contribution < -0.4 is 18.9 Å². The number of para-hydroxylation sites is 1.